The zero-order valence-corrected chi connectivity index (χ0v) is 12.5. The van der Waals surface area contributed by atoms with Gasteiger partial charge in [-0.2, -0.15) is 0 Å². The number of aryl methyl sites for hydroxylation is 1. The predicted molar refractivity (Wildman–Crippen MR) is 74.9 cm³/mol. The summed E-state index contributed by atoms with van der Waals surface area (Å²) >= 11 is 13.1. The minimum Gasteiger partial charge on any atom is -0.293 e. The first-order valence-electron chi connectivity index (χ1n) is 5.37. The highest BCUT2D eigenvalue weighted by atomic mass is 35.5. The molecule has 0 bridgehead atoms. The average Bonchev–Trinajstić information content (AvgIpc) is 2.74. The minimum absolute atomic E-state index is 0.0883. The number of tetrazole rings is 1. The van der Waals surface area contributed by atoms with E-state index in [0.717, 1.165) is 0 Å². The van der Waals surface area contributed by atoms with Crippen molar-refractivity contribution in [3.05, 3.63) is 33.8 Å². The van der Waals surface area contributed by atoms with Crippen molar-refractivity contribution >= 4 is 40.7 Å². The van der Waals surface area contributed by atoms with Crippen molar-refractivity contribution < 1.29 is 4.79 Å². The summed E-state index contributed by atoms with van der Waals surface area (Å²) in [6.45, 7) is 1.78. The maximum Gasteiger partial charge on any atom is 0.209 e. The lowest BCUT2D eigenvalue weighted by Crippen LogP contribution is -2.15. The number of carbonyl (C=O) groups is 1. The Kier molecular flexibility index (Phi) is 4.44. The fourth-order valence-electron chi connectivity index (χ4n) is 1.44. The zero-order chi connectivity index (χ0) is 14.0. The lowest BCUT2D eigenvalue weighted by molar-refractivity contribution is 0.0994. The summed E-state index contributed by atoms with van der Waals surface area (Å²) in [6, 6.07) is 4.82. The van der Waals surface area contributed by atoms with Gasteiger partial charge in [-0.05, 0) is 35.5 Å². The van der Waals surface area contributed by atoms with E-state index in [4.69, 9.17) is 23.2 Å². The van der Waals surface area contributed by atoms with E-state index in [1.807, 2.05) is 0 Å². The third-order valence-corrected chi connectivity index (χ3v) is 4.10. The number of rotatable bonds is 4. The highest BCUT2D eigenvalue weighted by Crippen LogP contribution is 2.27. The Balaban J connectivity index is 2.17. The summed E-state index contributed by atoms with van der Waals surface area (Å²) in [5, 5.41) is 12.1. The molecule has 0 saturated heterocycles. The van der Waals surface area contributed by atoms with Crippen LogP contribution in [0.15, 0.2) is 23.4 Å². The van der Waals surface area contributed by atoms with Crippen LogP contribution in [0.25, 0.3) is 0 Å². The van der Waals surface area contributed by atoms with Crippen molar-refractivity contribution in [1.29, 1.82) is 0 Å². The Morgan fingerprint density at radius 3 is 2.74 bits per heavy atom. The Bertz CT molecular complexity index is 616. The van der Waals surface area contributed by atoms with Gasteiger partial charge >= 0.3 is 0 Å². The molecule has 100 valence electrons. The van der Waals surface area contributed by atoms with Gasteiger partial charge in [-0.3, -0.25) is 4.79 Å². The molecular formula is C11H10Cl2N4OS. The number of nitrogens with zero attached hydrogens (tertiary/aromatic N) is 4. The molecule has 0 fully saturated rings. The normalized spacial score (nSPS) is 12.4. The molecule has 1 aromatic carbocycles. The monoisotopic (exact) mass is 316 g/mol. The van der Waals surface area contributed by atoms with Crippen LogP contribution < -0.4 is 0 Å². The van der Waals surface area contributed by atoms with Crippen molar-refractivity contribution in [3.8, 4) is 0 Å². The molecule has 1 aromatic heterocycles. The molecular weight excluding hydrogens is 307 g/mol. The molecule has 0 aliphatic heterocycles. The summed E-state index contributed by atoms with van der Waals surface area (Å²) < 4.78 is 1.51. The van der Waals surface area contributed by atoms with E-state index < -0.39 is 0 Å². The van der Waals surface area contributed by atoms with Gasteiger partial charge in [0.2, 0.25) is 5.16 Å². The van der Waals surface area contributed by atoms with Gasteiger partial charge in [0.1, 0.15) is 0 Å². The molecule has 1 heterocycles. The highest BCUT2D eigenvalue weighted by Gasteiger charge is 2.21. The molecule has 2 aromatic rings. The third-order valence-electron chi connectivity index (χ3n) is 2.43. The maximum atomic E-state index is 12.3. The second-order valence-corrected chi connectivity index (χ2v) is 5.99. The molecule has 0 saturated carbocycles. The zero-order valence-electron chi connectivity index (χ0n) is 10.2. The van der Waals surface area contributed by atoms with Crippen LogP contribution in [0.5, 0.6) is 0 Å². The molecule has 0 amide bonds. The van der Waals surface area contributed by atoms with E-state index in [2.05, 4.69) is 15.5 Å². The average molecular weight is 317 g/mol. The Morgan fingerprint density at radius 1 is 1.42 bits per heavy atom. The number of carbonyl (C=O) groups excluding carboxylic acids is 1. The SMILES string of the molecule is CC(Sc1nnnn1C)C(=O)c1ccc(Cl)cc1Cl. The van der Waals surface area contributed by atoms with Gasteiger partial charge in [0, 0.05) is 17.6 Å². The van der Waals surface area contributed by atoms with E-state index in [9.17, 15) is 4.79 Å². The maximum absolute atomic E-state index is 12.3. The van der Waals surface area contributed by atoms with Crippen molar-refractivity contribution in [2.24, 2.45) is 7.05 Å². The third kappa shape index (κ3) is 3.26. The van der Waals surface area contributed by atoms with Crippen LogP contribution in [-0.2, 0) is 7.05 Å². The smallest absolute Gasteiger partial charge is 0.209 e. The van der Waals surface area contributed by atoms with Crippen LogP contribution in [0.1, 0.15) is 17.3 Å². The topological polar surface area (TPSA) is 60.7 Å². The second-order valence-electron chi connectivity index (χ2n) is 3.83. The standard InChI is InChI=1S/C11H10Cl2N4OS/c1-6(19-11-14-15-16-17(11)2)10(18)8-4-3-7(12)5-9(8)13/h3-6H,1-2H3. The lowest BCUT2D eigenvalue weighted by atomic mass is 10.1. The fourth-order valence-corrected chi connectivity index (χ4v) is 2.77. The van der Waals surface area contributed by atoms with Gasteiger partial charge in [-0.15, -0.1) is 5.10 Å². The van der Waals surface area contributed by atoms with Crippen LogP contribution in [0.3, 0.4) is 0 Å². The molecule has 1 atom stereocenters. The van der Waals surface area contributed by atoms with E-state index >= 15 is 0 Å². The Labute approximate surface area is 124 Å². The number of ketones is 1. The fraction of sp³-hybridized carbons (Fsp3) is 0.273. The summed E-state index contributed by atoms with van der Waals surface area (Å²) in [7, 11) is 1.72. The largest absolute Gasteiger partial charge is 0.293 e. The molecule has 0 aliphatic carbocycles. The lowest BCUT2D eigenvalue weighted by Gasteiger charge is -2.10. The molecule has 0 radical (unpaired) electrons. The van der Waals surface area contributed by atoms with Crippen LogP contribution in [0, 0.1) is 0 Å². The Morgan fingerprint density at radius 2 is 2.16 bits per heavy atom. The number of Topliss-reactive ketones (excluding diaryl/α,β-unsaturated/α-hetero) is 1. The van der Waals surface area contributed by atoms with Crippen molar-refractivity contribution in [3.63, 3.8) is 0 Å². The van der Waals surface area contributed by atoms with Crippen LogP contribution >= 0.6 is 35.0 Å². The second kappa shape index (κ2) is 5.90. The summed E-state index contributed by atoms with van der Waals surface area (Å²) in [5.74, 6) is -0.0883. The quantitative estimate of drug-likeness (QED) is 0.641. The predicted octanol–water partition coefficient (Wildman–Crippen LogP) is 2.88. The molecule has 19 heavy (non-hydrogen) atoms. The molecule has 8 heteroatoms. The van der Waals surface area contributed by atoms with Crippen LogP contribution in [-0.4, -0.2) is 31.2 Å². The summed E-state index contributed by atoms with van der Waals surface area (Å²) in [6.07, 6.45) is 0. The van der Waals surface area contributed by atoms with E-state index in [1.54, 1.807) is 32.2 Å². The van der Waals surface area contributed by atoms with Gasteiger partial charge in [0.05, 0.1) is 10.3 Å². The summed E-state index contributed by atoms with van der Waals surface area (Å²) in [4.78, 5) is 12.3. The van der Waals surface area contributed by atoms with E-state index in [-0.39, 0.29) is 11.0 Å². The van der Waals surface area contributed by atoms with E-state index in [1.165, 1.54) is 16.4 Å². The van der Waals surface area contributed by atoms with Gasteiger partial charge in [-0.25, -0.2) is 4.68 Å². The van der Waals surface area contributed by atoms with Crippen LogP contribution in [0.4, 0.5) is 0 Å². The Hall–Kier alpha value is -1.11. The number of hydrogen-bond acceptors (Lipinski definition) is 5. The van der Waals surface area contributed by atoms with Gasteiger partial charge in [-0.1, -0.05) is 35.0 Å². The van der Waals surface area contributed by atoms with Crippen molar-refractivity contribution in [2.45, 2.75) is 17.3 Å². The molecule has 2 rings (SSSR count). The molecule has 0 N–H and O–H groups in total. The van der Waals surface area contributed by atoms with E-state index in [0.29, 0.717) is 20.8 Å². The molecule has 0 aliphatic rings. The van der Waals surface area contributed by atoms with Crippen molar-refractivity contribution in [2.75, 3.05) is 0 Å². The van der Waals surface area contributed by atoms with Gasteiger partial charge in [0.15, 0.2) is 5.78 Å². The molecule has 1 unspecified atom stereocenters. The van der Waals surface area contributed by atoms with Crippen molar-refractivity contribution in [1.82, 2.24) is 20.2 Å². The number of hydrogen-bond donors (Lipinski definition) is 0. The molecule has 0 spiro atoms. The summed E-state index contributed by atoms with van der Waals surface area (Å²) in [5.41, 5.74) is 0.446. The first-order valence-corrected chi connectivity index (χ1v) is 7.01. The first-order chi connectivity index (χ1) is 8.99. The van der Waals surface area contributed by atoms with Gasteiger partial charge in [0.25, 0.3) is 0 Å². The number of benzene rings is 1. The highest BCUT2D eigenvalue weighted by molar-refractivity contribution is 8.00. The van der Waals surface area contributed by atoms with Crippen LogP contribution in [0.2, 0.25) is 10.0 Å². The number of thioether (sulfide) groups is 1. The number of halogens is 2. The minimum atomic E-state index is -0.344. The first kappa shape index (κ1) is 14.3. The molecule has 5 nitrogen and oxygen atoms in total. The van der Waals surface area contributed by atoms with Gasteiger partial charge < -0.3 is 0 Å². The number of aromatic nitrogens is 4.